The van der Waals surface area contributed by atoms with E-state index in [1.807, 2.05) is 26.0 Å². The van der Waals surface area contributed by atoms with Crippen LogP contribution >= 0.6 is 0 Å². The minimum absolute atomic E-state index is 0.0204. The number of hydrogen-bond acceptors (Lipinski definition) is 8. The van der Waals surface area contributed by atoms with Crippen molar-refractivity contribution < 1.29 is 23.6 Å². The molecule has 0 unspecified atom stereocenters. The summed E-state index contributed by atoms with van der Waals surface area (Å²) in [6.07, 6.45) is 11.5. The molecule has 6 rings (SSSR count). The first-order chi connectivity index (χ1) is 20.9. The van der Waals surface area contributed by atoms with Crippen molar-refractivity contribution in [3.05, 3.63) is 35.0 Å². The first kappa shape index (κ1) is 31.9. The summed E-state index contributed by atoms with van der Waals surface area (Å²) in [6, 6.07) is 2.20. The number of carbonyl (C=O) groups is 3. The molecule has 0 aliphatic heterocycles. The fraction of sp³-hybridized carbons (Fsp3) is 0.730. The minimum Gasteiger partial charge on any atom is -0.465 e. The van der Waals surface area contributed by atoms with Crippen LogP contribution in [0.3, 0.4) is 0 Å². The lowest BCUT2D eigenvalue weighted by molar-refractivity contribution is -0.154. The van der Waals surface area contributed by atoms with Crippen molar-refractivity contribution in [3.8, 4) is 6.07 Å². The van der Waals surface area contributed by atoms with Crippen LogP contribution in [0.1, 0.15) is 118 Å². The van der Waals surface area contributed by atoms with Gasteiger partial charge in [0.25, 0.3) is 0 Å². The Labute approximate surface area is 267 Å². The van der Waals surface area contributed by atoms with E-state index in [0.717, 1.165) is 56.9 Å². The van der Waals surface area contributed by atoms with Crippen molar-refractivity contribution in [2.45, 2.75) is 119 Å². The Balaban J connectivity index is 1.46. The number of nitriles is 1. The molecule has 8 nitrogen and oxygen atoms in total. The highest BCUT2D eigenvalue weighted by Crippen LogP contribution is 2.74. The molecule has 1 heterocycles. The highest BCUT2D eigenvalue weighted by atomic mass is 16.5. The van der Waals surface area contributed by atoms with Gasteiger partial charge in [-0.1, -0.05) is 65.3 Å². The average Bonchev–Trinajstić information content (AvgIpc) is 3.38. The van der Waals surface area contributed by atoms with E-state index in [9.17, 15) is 19.6 Å². The molecule has 0 radical (unpaired) electrons. The monoisotopic (exact) mass is 615 g/mol. The van der Waals surface area contributed by atoms with E-state index in [4.69, 9.17) is 14.2 Å². The fourth-order valence-electron chi connectivity index (χ4n) is 11.0. The van der Waals surface area contributed by atoms with Gasteiger partial charge in [0.2, 0.25) is 5.89 Å². The molecule has 0 bridgehead atoms. The molecular formula is C37H49N3O5. The maximum atomic E-state index is 14.8. The smallest absolute Gasteiger partial charge is 0.302 e. The third-order valence-corrected chi connectivity index (χ3v) is 13.7. The second-order valence-electron chi connectivity index (χ2n) is 16.9. The Morgan fingerprint density at radius 2 is 1.73 bits per heavy atom. The number of allylic oxidation sites excluding steroid dienone is 4. The minimum atomic E-state index is -0.683. The molecule has 3 saturated carbocycles. The van der Waals surface area contributed by atoms with Crippen LogP contribution in [0.4, 0.5) is 0 Å². The van der Waals surface area contributed by atoms with Gasteiger partial charge in [-0.25, -0.2) is 0 Å². The van der Waals surface area contributed by atoms with E-state index in [1.54, 1.807) is 0 Å². The van der Waals surface area contributed by atoms with E-state index in [0.29, 0.717) is 18.1 Å². The SMILES string of the molecule is CC(=O)OCCc1noc([C@]23CCC(C)(C)CC[C@@H]2[C@H]2C(=O)C=C4[C@@]5(C)C=C(C#N)C(=O)C(C)(C)[C@@H]5CC[C@@]4(C)[C@]2(C)CC3)n1. The number of hydrogen-bond donors (Lipinski definition) is 0. The second kappa shape index (κ2) is 10.2. The molecule has 5 aliphatic carbocycles. The van der Waals surface area contributed by atoms with Gasteiger partial charge in [-0.3, -0.25) is 14.4 Å². The van der Waals surface area contributed by atoms with Crippen LogP contribution in [0, 0.1) is 56.2 Å². The van der Waals surface area contributed by atoms with Crippen LogP contribution in [0.2, 0.25) is 0 Å². The first-order valence-electron chi connectivity index (χ1n) is 16.9. The Bertz CT molecular complexity index is 1560. The standard InChI is InChI=1S/C37H49N3O5/c1-22(41)44-18-11-28-39-31(45-40-28)37-16-14-32(2,3)12-9-24(37)29-25(42)19-27-34(6)20-23(21-38)30(43)33(4,5)26(34)10-13-35(27,7)36(29,8)15-17-37/h19-20,24,26,29H,9-18H2,1-8H3/t24-,26+,29+,34+,35-,36-,37+/m1/s1. The van der Waals surface area contributed by atoms with E-state index in [-0.39, 0.29) is 63.7 Å². The third kappa shape index (κ3) is 4.46. The van der Waals surface area contributed by atoms with Crippen molar-refractivity contribution in [1.29, 1.82) is 5.26 Å². The van der Waals surface area contributed by atoms with Crippen LogP contribution < -0.4 is 0 Å². The van der Waals surface area contributed by atoms with Gasteiger partial charge in [0.1, 0.15) is 6.07 Å². The molecule has 45 heavy (non-hydrogen) atoms. The lowest BCUT2D eigenvalue weighted by atomic mass is 9.35. The second-order valence-corrected chi connectivity index (χ2v) is 16.9. The zero-order valence-electron chi connectivity index (χ0n) is 28.3. The first-order valence-corrected chi connectivity index (χ1v) is 16.9. The van der Waals surface area contributed by atoms with Gasteiger partial charge in [0.15, 0.2) is 17.4 Å². The maximum Gasteiger partial charge on any atom is 0.302 e. The van der Waals surface area contributed by atoms with Gasteiger partial charge in [-0.05, 0) is 85.5 Å². The summed E-state index contributed by atoms with van der Waals surface area (Å²) < 4.78 is 11.2. The molecule has 3 fully saturated rings. The number of ketones is 2. The molecule has 1 aromatic rings. The summed E-state index contributed by atoms with van der Waals surface area (Å²) in [4.78, 5) is 44.4. The fourth-order valence-corrected chi connectivity index (χ4v) is 11.0. The quantitative estimate of drug-likeness (QED) is 0.331. The van der Waals surface area contributed by atoms with Gasteiger partial charge in [-0.2, -0.15) is 10.2 Å². The van der Waals surface area contributed by atoms with Crippen LogP contribution in [0.5, 0.6) is 0 Å². The normalized spacial score (nSPS) is 39.9. The zero-order valence-corrected chi connectivity index (χ0v) is 28.3. The summed E-state index contributed by atoms with van der Waals surface area (Å²) in [5.74, 6) is 0.758. The molecular weight excluding hydrogens is 566 g/mol. The number of aromatic nitrogens is 2. The van der Waals surface area contributed by atoms with E-state index < -0.39 is 16.2 Å². The van der Waals surface area contributed by atoms with Crippen LogP contribution in [-0.2, 0) is 31.0 Å². The van der Waals surface area contributed by atoms with Gasteiger partial charge in [0.05, 0.1) is 17.6 Å². The highest BCUT2D eigenvalue weighted by Gasteiger charge is 2.70. The molecule has 0 saturated heterocycles. The number of carbonyl (C=O) groups excluding carboxylic acids is 3. The molecule has 0 aromatic carbocycles. The number of Topliss-reactive ketones (excluding diaryl/α,β-unsaturated/α-hetero) is 1. The number of esters is 1. The Hall–Kier alpha value is -3.08. The van der Waals surface area contributed by atoms with Crippen molar-refractivity contribution in [2.75, 3.05) is 6.61 Å². The van der Waals surface area contributed by atoms with Crippen molar-refractivity contribution >= 4 is 17.5 Å². The van der Waals surface area contributed by atoms with Crippen LogP contribution in [-0.4, -0.2) is 34.3 Å². The van der Waals surface area contributed by atoms with Gasteiger partial charge in [-0.15, -0.1) is 0 Å². The molecule has 0 amide bonds. The van der Waals surface area contributed by atoms with Crippen LogP contribution in [0.25, 0.3) is 0 Å². The van der Waals surface area contributed by atoms with Gasteiger partial charge >= 0.3 is 5.97 Å². The molecule has 5 aliphatic rings. The number of ether oxygens (including phenoxy) is 1. The number of fused-ring (bicyclic) bond motifs is 7. The third-order valence-electron chi connectivity index (χ3n) is 13.7. The molecule has 1 aromatic heterocycles. The number of nitrogens with zero attached hydrogens (tertiary/aromatic N) is 3. The Kier molecular flexibility index (Phi) is 7.23. The Morgan fingerprint density at radius 1 is 1.02 bits per heavy atom. The van der Waals surface area contributed by atoms with Crippen molar-refractivity contribution in [3.63, 3.8) is 0 Å². The molecule has 8 heteroatoms. The summed E-state index contributed by atoms with van der Waals surface area (Å²) in [7, 11) is 0. The molecule has 0 spiro atoms. The summed E-state index contributed by atoms with van der Waals surface area (Å²) >= 11 is 0. The summed E-state index contributed by atoms with van der Waals surface area (Å²) in [5.41, 5.74) is -0.771. The lowest BCUT2D eigenvalue weighted by Crippen LogP contribution is -2.64. The summed E-state index contributed by atoms with van der Waals surface area (Å²) in [5, 5.41) is 14.3. The zero-order chi connectivity index (χ0) is 32.8. The maximum absolute atomic E-state index is 14.8. The summed E-state index contributed by atoms with van der Waals surface area (Å²) in [6.45, 7) is 17.1. The molecule has 0 N–H and O–H groups in total. The number of rotatable bonds is 4. The van der Waals surface area contributed by atoms with E-state index >= 15 is 0 Å². The van der Waals surface area contributed by atoms with Gasteiger partial charge < -0.3 is 9.26 Å². The predicted molar refractivity (Wildman–Crippen MR) is 167 cm³/mol. The largest absolute Gasteiger partial charge is 0.465 e. The molecule has 242 valence electrons. The lowest BCUT2D eigenvalue weighted by Gasteiger charge is -2.67. The predicted octanol–water partition coefficient (Wildman–Crippen LogP) is 7.04. The Morgan fingerprint density at radius 3 is 2.42 bits per heavy atom. The average molecular weight is 616 g/mol. The van der Waals surface area contributed by atoms with E-state index in [1.165, 1.54) is 6.92 Å². The van der Waals surface area contributed by atoms with Crippen molar-refractivity contribution in [2.24, 2.45) is 44.8 Å². The van der Waals surface area contributed by atoms with E-state index in [2.05, 4.69) is 45.8 Å². The van der Waals surface area contributed by atoms with Crippen LogP contribution in [0.15, 0.2) is 27.8 Å². The molecule has 7 atom stereocenters. The highest BCUT2D eigenvalue weighted by molar-refractivity contribution is 6.04. The van der Waals surface area contributed by atoms with Gasteiger partial charge in [0, 0.05) is 30.1 Å². The topological polar surface area (TPSA) is 123 Å². The van der Waals surface area contributed by atoms with Crippen molar-refractivity contribution in [1.82, 2.24) is 10.1 Å².